The van der Waals surface area contributed by atoms with Gasteiger partial charge in [-0.25, -0.2) is 4.79 Å². The Morgan fingerprint density at radius 3 is 2.65 bits per heavy atom. The molecule has 1 N–H and O–H groups in total. The van der Waals surface area contributed by atoms with Gasteiger partial charge in [0, 0.05) is 25.1 Å². The van der Waals surface area contributed by atoms with E-state index in [0.717, 1.165) is 23.1 Å². The molecule has 0 aliphatic carbocycles. The number of benzene rings is 1. The van der Waals surface area contributed by atoms with E-state index in [1.807, 2.05) is 24.3 Å². The lowest BCUT2D eigenvalue weighted by Gasteiger charge is -2.24. The van der Waals surface area contributed by atoms with Crippen LogP contribution < -0.4 is 4.74 Å². The van der Waals surface area contributed by atoms with Crippen molar-refractivity contribution in [2.24, 2.45) is 11.8 Å². The first-order valence-corrected chi connectivity index (χ1v) is 9.60. The fourth-order valence-corrected chi connectivity index (χ4v) is 3.96. The Morgan fingerprint density at radius 1 is 1.35 bits per heavy atom. The number of carbonyl (C=O) groups is 3. The molecule has 0 spiro atoms. The van der Waals surface area contributed by atoms with Crippen molar-refractivity contribution in [2.45, 2.75) is 32.7 Å². The van der Waals surface area contributed by atoms with Gasteiger partial charge in [-0.05, 0) is 30.4 Å². The molecule has 142 valence electrons. The Balaban J connectivity index is 2.08. The predicted molar refractivity (Wildman–Crippen MR) is 100 cm³/mol. The number of hydrogen-bond donors (Lipinski definition) is 1. The van der Waals surface area contributed by atoms with E-state index in [1.165, 1.54) is 11.8 Å². The molecule has 6 nitrogen and oxygen atoms in total. The van der Waals surface area contributed by atoms with Gasteiger partial charge in [-0.3, -0.25) is 9.59 Å². The smallest absolute Gasteiger partial charge is 0.326 e. The van der Waals surface area contributed by atoms with Gasteiger partial charge in [-0.1, -0.05) is 36.9 Å². The molecule has 1 amide bonds. The van der Waals surface area contributed by atoms with E-state index >= 15 is 0 Å². The first-order valence-electron chi connectivity index (χ1n) is 8.62. The van der Waals surface area contributed by atoms with Crippen molar-refractivity contribution in [3.63, 3.8) is 0 Å². The minimum Gasteiger partial charge on any atom is -0.496 e. The SMILES string of the molecule is COc1ccccc1CC1C[C@@H](C(=O)O)N(C(=O)C(C)CSC(C)=O)C1. The molecule has 1 saturated heterocycles. The second-order valence-electron chi connectivity index (χ2n) is 6.67. The van der Waals surface area contributed by atoms with Gasteiger partial charge in [-0.15, -0.1) is 0 Å². The molecule has 0 radical (unpaired) electrons. The second kappa shape index (κ2) is 9.07. The van der Waals surface area contributed by atoms with Crippen LogP contribution in [0.2, 0.25) is 0 Å². The summed E-state index contributed by atoms with van der Waals surface area (Å²) in [6.07, 6.45) is 1.08. The molecule has 2 rings (SSSR count). The molecule has 1 aliphatic rings. The maximum Gasteiger partial charge on any atom is 0.326 e. The Kier molecular flexibility index (Phi) is 7.08. The maximum atomic E-state index is 12.7. The first kappa shape index (κ1) is 20.3. The van der Waals surface area contributed by atoms with Crippen LogP contribution in [0.4, 0.5) is 0 Å². The molecular weight excluding hydrogens is 354 g/mol. The predicted octanol–water partition coefficient (Wildman–Crippen LogP) is 2.46. The number of aliphatic carboxylic acids is 1. The number of carboxylic acid groups (broad SMARTS) is 1. The summed E-state index contributed by atoms with van der Waals surface area (Å²) in [6, 6.07) is 6.84. The van der Waals surface area contributed by atoms with Crippen molar-refractivity contribution in [2.75, 3.05) is 19.4 Å². The van der Waals surface area contributed by atoms with Gasteiger partial charge < -0.3 is 14.7 Å². The Morgan fingerprint density at radius 2 is 2.04 bits per heavy atom. The molecule has 26 heavy (non-hydrogen) atoms. The zero-order valence-corrected chi connectivity index (χ0v) is 16.1. The standard InChI is InChI=1S/C19H25NO5S/c1-12(11-26-13(2)21)18(22)20-10-14(9-16(20)19(23)24)8-15-6-4-5-7-17(15)25-3/h4-7,12,14,16H,8-11H2,1-3H3,(H,23,24)/t12?,14?,16-/m0/s1. The lowest BCUT2D eigenvalue weighted by Crippen LogP contribution is -2.43. The van der Waals surface area contributed by atoms with Gasteiger partial charge in [0.25, 0.3) is 0 Å². The highest BCUT2D eigenvalue weighted by atomic mass is 32.2. The fraction of sp³-hybridized carbons (Fsp3) is 0.526. The normalized spacial score (nSPS) is 20.7. The number of methoxy groups -OCH3 is 1. The largest absolute Gasteiger partial charge is 0.496 e. The third-order valence-electron chi connectivity index (χ3n) is 4.62. The number of carboxylic acids is 1. The van der Waals surface area contributed by atoms with Crippen LogP contribution in [-0.2, 0) is 20.8 Å². The summed E-state index contributed by atoms with van der Waals surface area (Å²) in [4.78, 5) is 36.9. The highest BCUT2D eigenvalue weighted by Crippen LogP contribution is 2.31. The van der Waals surface area contributed by atoms with Crippen LogP contribution >= 0.6 is 11.8 Å². The second-order valence-corrected chi connectivity index (χ2v) is 7.86. The molecule has 1 aromatic carbocycles. The summed E-state index contributed by atoms with van der Waals surface area (Å²) < 4.78 is 5.37. The third-order valence-corrected chi connectivity index (χ3v) is 5.69. The van der Waals surface area contributed by atoms with Crippen LogP contribution in [0, 0.1) is 11.8 Å². The highest BCUT2D eigenvalue weighted by Gasteiger charge is 2.40. The molecule has 2 unspecified atom stereocenters. The Bertz CT molecular complexity index is 678. The van der Waals surface area contributed by atoms with Crippen LogP contribution in [0.5, 0.6) is 5.75 Å². The van der Waals surface area contributed by atoms with E-state index < -0.39 is 17.9 Å². The number of hydrogen-bond acceptors (Lipinski definition) is 5. The van der Waals surface area contributed by atoms with Gasteiger partial charge in [0.15, 0.2) is 5.12 Å². The summed E-state index contributed by atoms with van der Waals surface area (Å²) in [7, 11) is 1.61. The van der Waals surface area contributed by atoms with Gasteiger partial charge in [0.2, 0.25) is 5.91 Å². The molecule has 1 aliphatic heterocycles. The topological polar surface area (TPSA) is 83.9 Å². The molecule has 3 atom stereocenters. The molecule has 0 bridgehead atoms. The van der Waals surface area contributed by atoms with Crippen LogP contribution in [0.25, 0.3) is 0 Å². The lowest BCUT2D eigenvalue weighted by atomic mass is 9.96. The average Bonchev–Trinajstić information content (AvgIpc) is 3.03. The molecule has 1 heterocycles. The number of rotatable bonds is 7. The Labute approximate surface area is 157 Å². The Hall–Kier alpha value is -2.02. The lowest BCUT2D eigenvalue weighted by molar-refractivity contribution is -0.149. The van der Waals surface area contributed by atoms with Crippen molar-refractivity contribution < 1.29 is 24.2 Å². The number of likely N-dealkylation sites (tertiary alicyclic amines) is 1. The number of carbonyl (C=O) groups excluding carboxylic acids is 2. The maximum absolute atomic E-state index is 12.7. The van der Waals surface area contributed by atoms with E-state index in [2.05, 4.69) is 0 Å². The fourth-order valence-electron chi connectivity index (χ4n) is 3.33. The number of ether oxygens (including phenoxy) is 1. The first-order chi connectivity index (χ1) is 12.3. The van der Waals surface area contributed by atoms with Crippen molar-refractivity contribution >= 4 is 28.8 Å². The van der Waals surface area contributed by atoms with Crippen LogP contribution in [0.1, 0.15) is 25.8 Å². The van der Waals surface area contributed by atoms with Gasteiger partial charge in [0.05, 0.1) is 7.11 Å². The minimum atomic E-state index is -0.979. The van der Waals surface area contributed by atoms with E-state index in [9.17, 15) is 19.5 Å². The monoisotopic (exact) mass is 379 g/mol. The molecule has 1 fully saturated rings. The van der Waals surface area contributed by atoms with Crippen molar-refractivity contribution in [3.8, 4) is 5.75 Å². The number of nitrogens with zero attached hydrogens (tertiary/aromatic N) is 1. The molecule has 0 saturated carbocycles. The van der Waals surface area contributed by atoms with Crippen molar-refractivity contribution in [1.29, 1.82) is 0 Å². The third kappa shape index (κ3) is 5.00. The van der Waals surface area contributed by atoms with E-state index in [4.69, 9.17) is 4.74 Å². The minimum absolute atomic E-state index is 0.0464. The van der Waals surface area contributed by atoms with E-state index in [1.54, 1.807) is 14.0 Å². The number of para-hydroxylation sites is 1. The molecule has 0 aromatic heterocycles. The average molecular weight is 379 g/mol. The van der Waals surface area contributed by atoms with Gasteiger partial charge >= 0.3 is 5.97 Å². The summed E-state index contributed by atoms with van der Waals surface area (Å²) in [5.74, 6) is -0.370. The van der Waals surface area contributed by atoms with Crippen LogP contribution in [0.3, 0.4) is 0 Å². The zero-order chi connectivity index (χ0) is 19.3. The molecule has 7 heteroatoms. The van der Waals surface area contributed by atoms with Crippen molar-refractivity contribution in [3.05, 3.63) is 29.8 Å². The summed E-state index contributed by atoms with van der Waals surface area (Å²) in [5, 5.41) is 9.49. The highest BCUT2D eigenvalue weighted by molar-refractivity contribution is 8.13. The van der Waals surface area contributed by atoms with Crippen LogP contribution in [0.15, 0.2) is 24.3 Å². The van der Waals surface area contributed by atoms with E-state index in [-0.39, 0.29) is 16.9 Å². The molecule has 1 aromatic rings. The van der Waals surface area contributed by atoms with Crippen molar-refractivity contribution in [1.82, 2.24) is 4.90 Å². The zero-order valence-electron chi connectivity index (χ0n) is 15.3. The summed E-state index contributed by atoms with van der Waals surface area (Å²) in [5.41, 5.74) is 1.01. The van der Waals surface area contributed by atoms with Crippen LogP contribution in [-0.4, -0.2) is 52.4 Å². The summed E-state index contributed by atoms with van der Waals surface area (Å²) in [6.45, 7) is 3.61. The number of amides is 1. The quantitative estimate of drug-likeness (QED) is 0.783. The van der Waals surface area contributed by atoms with Gasteiger partial charge in [-0.2, -0.15) is 0 Å². The number of thioether (sulfide) groups is 1. The van der Waals surface area contributed by atoms with E-state index in [0.29, 0.717) is 25.1 Å². The molecular formula is C19H25NO5S. The summed E-state index contributed by atoms with van der Waals surface area (Å²) >= 11 is 1.09. The van der Waals surface area contributed by atoms with Gasteiger partial charge in [0.1, 0.15) is 11.8 Å².